The molecule has 0 amide bonds. The molecule has 6 nitrogen and oxygen atoms in total. The highest BCUT2D eigenvalue weighted by molar-refractivity contribution is 7.98. The van der Waals surface area contributed by atoms with Gasteiger partial charge in [-0.25, -0.2) is 0 Å². The minimum atomic E-state index is 0.744. The van der Waals surface area contributed by atoms with Crippen LogP contribution in [0.4, 0.5) is 0 Å². The maximum absolute atomic E-state index is 5.33. The molecule has 0 aliphatic carbocycles. The Morgan fingerprint density at radius 3 is 2.40 bits per heavy atom. The molecule has 0 N–H and O–H groups in total. The molecular weight excluding hydrogens is 336 g/mol. The molecule has 3 aromatic rings. The Morgan fingerprint density at radius 1 is 1.04 bits per heavy atom. The molecule has 0 aliphatic rings. The molecular formula is C18H20N4O2S. The van der Waals surface area contributed by atoms with E-state index in [0.717, 1.165) is 46.0 Å². The molecule has 25 heavy (non-hydrogen) atoms. The van der Waals surface area contributed by atoms with Crippen LogP contribution in [0.15, 0.2) is 47.8 Å². The Morgan fingerprint density at radius 2 is 1.80 bits per heavy atom. The SMILES string of the molecule is CCn1c(SCc2cc(OC)cc(OC)c2)nnc1-c1ccccn1. The molecule has 2 heterocycles. The van der Waals surface area contributed by atoms with Crippen molar-refractivity contribution in [2.24, 2.45) is 0 Å². The van der Waals surface area contributed by atoms with E-state index in [1.807, 2.05) is 36.4 Å². The lowest BCUT2D eigenvalue weighted by Crippen LogP contribution is -2.00. The van der Waals surface area contributed by atoms with Gasteiger partial charge in [-0.05, 0) is 36.8 Å². The predicted molar refractivity (Wildman–Crippen MR) is 98.0 cm³/mol. The van der Waals surface area contributed by atoms with Crippen LogP contribution in [-0.2, 0) is 12.3 Å². The van der Waals surface area contributed by atoms with E-state index in [4.69, 9.17) is 9.47 Å². The number of thioether (sulfide) groups is 1. The number of ether oxygens (including phenoxy) is 2. The topological polar surface area (TPSA) is 62.1 Å². The quantitative estimate of drug-likeness (QED) is 0.602. The second-order valence-corrected chi connectivity index (χ2v) is 6.22. The molecule has 0 aliphatic heterocycles. The summed E-state index contributed by atoms with van der Waals surface area (Å²) in [6.45, 7) is 2.86. The van der Waals surface area contributed by atoms with Gasteiger partial charge in [0.2, 0.25) is 0 Å². The van der Waals surface area contributed by atoms with Crippen LogP contribution in [-0.4, -0.2) is 34.0 Å². The zero-order valence-electron chi connectivity index (χ0n) is 14.5. The average molecular weight is 356 g/mol. The first kappa shape index (κ1) is 17.3. The van der Waals surface area contributed by atoms with E-state index in [2.05, 4.69) is 26.7 Å². The fourth-order valence-corrected chi connectivity index (χ4v) is 3.40. The Kier molecular flexibility index (Phi) is 5.55. The molecule has 0 unspecified atom stereocenters. The van der Waals surface area contributed by atoms with E-state index >= 15 is 0 Å². The average Bonchev–Trinajstić information content (AvgIpc) is 3.09. The van der Waals surface area contributed by atoms with Gasteiger partial charge >= 0.3 is 0 Å². The molecule has 1 aromatic carbocycles. The second kappa shape index (κ2) is 8.02. The molecule has 0 radical (unpaired) electrons. The van der Waals surface area contributed by atoms with E-state index in [1.165, 1.54) is 0 Å². The van der Waals surface area contributed by atoms with Gasteiger partial charge in [-0.15, -0.1) is 10.2 Å². The van der Waals surface area contributed by atoms with E-state index in [0.29, 0.717) is 0 Å². The van der Waals surface area contributed by atoms with Crippen LogP contribution in [0, 0.1) is 0 Å². The standard InChI is InChI=1S/C18H20N4O2S/c1-4-22-17(16-7-5-6-8-19-16)20-21-18(22)25-12-13-9-14(23-2)11-15(10-13)24-3/h5-11H,4,12H2,1-3H3. The summed E-state index contributed by atoms with van der Waals surface area (Å²) in [6.07, 6.45) is 1.76. The molecule has 0 bridgehead atoms. The molecule has 0 saturated heterocycles. The summed E-state index contributed by atoms with van der Waals surface area (Å²) in [4.78, 5) is 4.37. The zero-order valence-corrected chi connectivity index (χ0v) is 15.3. The van der Waals surface area contributed by atoms with Gasteiger partial charge in [0.1, 0.15) is 17.2 Å². The van der Waals surface area contributed by atoms with Gasteiger partial charge in [-0.2, -0.15) is 0 Å². The fraction of sp³-hybridized carbons (Fsp3) is 0.278. The normalized spacial score (nSPS) is 10.7. The van der Waals surface area contributed by atoms with Crippen LogP contribution in [0.1, 0.15) is 12.5 Å². The van der Waals surface area contributed by atoms with Crippen molar-refractivity contribution in [2.75, 3.05) is 14.2 Å². The number of benzene rings is 1. The van der Waals surface area contributed by atoms with Crippen molar-refractivity contribution in [1.82, 2.24) is 19.7 Å². The molecule has 0 atom stereocenters. The van der Waals surface area contributed by atoms with Gasteiger partial charge in [0, 0.05) is 24.6 Å². The van der Waals surface area contributed by atoms with Gasteiger partial charge in [0.25, 0.3) is 0 Å². The lowest BCUT2D eigenvalue weighted by atomic mass is 10.2. The Hall–Kier alpha value is -2.54. The van der Waals surface area contributed by atoms with Crippen molar-refractivity contribution in [2.45, 2.75) is 24.4 Å². The highest BCUT2D eigenvalue weighted by atomic mass is 32.2. The molecule has 0 spiro atoms. The van der Waals surface area contributed by atoms with Crippen LogP contribution in [0.5, 0.6) is 11.5 Å². The third kappa shape index (κ3) is 3.93. The molecule has 0 saturated carbocycles. The van der Waals surface area contributed by atoms with Crippen molar-refractivity contribution < 1.29 is 9.47 Å². The van der Waals surface area contributed by atoms with Gasteiger partial charge in [0.05, 0.1) is 14.2 Å². The van der Waals surface area contributed by atoms with Crippen LogP contribution in [0.25, 0.3) is 11.5 Å². The number of aromatic nitrogens is 4. The molecule has 130 valence electrons. The highest BCUT2D eigenvalue weighted by Crippen LogP contribution is 2.29. The van der Waals surface area contributed by atoms with E-state index in [1.54, 1.807) is 32.2 Å². The Balaban J connectivity index is 1.81. The van der Waals surface area contributed by atoms with E-state index in [-0.39, 0.29) is 0 Å². The summed E-state index contributed by atoms with van der Waals surface area (Å²) in [5, 5.41) is 9.52. The zero-order chi connectivity index (χ0) is 17.6. The lowest BCUT2D eigenvalue weighted by Gasteiger charge is -2.09. The number of methoxy groups -OCH3 is 2. The third-order valence-electron chi connectivity index (χ3n) is 3.71. The minimum absolute atomic E-state index is 0.744. The lowest BCUT2D eigenvalue weighted by molar-refractivity contribution is 0.393. The van der Waals surface area contributed by atoms with Crippen LogP contribution < -0.4 is 9.47 Å². The van der Waals surface area contributed by atoms with Crippen molar-refractivity contribution in [1.29, 1.82) is 0 Å². The molecule has 3 rings (SSSR count). The van der Waals surface area contributed by atoms with Crippen LogP contribution in [0.3, 0.4) is 0 Å². The van der Waals surface area contributed by atoms with Gasteiger partial charge in [0.15, 0.2) is 11.0 Å². The predicted octanol–water partition coefficient (Wildman–Crippen LogP) is 3.67. The van der Waals surface area contributed by atoms with Gasteiger partial charge in [-0.1, -0.05) is 17.8 Å². The number of pyridine rings is 1. The molecule has 2 aromatic heterocycles. The van der Waals surface area contributed by atoms with Gasteiger partial charge in [-0.3, -0.25) is 4.98 Å². The summed E-state index contributed by atoms with van der Waals surface area (Å²) in [5.41, 5.74) is 1.93. The number of rotatable bonds is 7. The monoisotopic (exact) mass is 356 g/mol. The third-order valence-corrected chi connectivity index (χ3v) is 4.74. The van der Waals surface area contributed by atoms with Crippen molar-refractivity contribution >= 4 is 11.8 Å². The Labute approximate surface area is 151 Å². The van der Waals surface area contributed by atoms with Crippen molar-refractivity contribution in [3.05, 3.63) is 48.2 Å². The number of nitrogens with zero attached hydrogens (tertiary/aromatic N) is 4. The molecule has 0 fully saturated rings. The summed E-state index contributed by atoms with van der Waals surface area (Å²) < 4.78 is 12.7. The summed E-state index contributed by atoms with van der Waals surface area (Å²) in [5.74, 6) is 3.09. The first-order chi connectivity index (χ1) is 12.2. The number of hydrogen-bond donors (Lipinski definition) is 0. The van der Waals surface area contributed by atoms with Crippen molar-refractivity contribution in [3.63, 3.8) is 0 Å². The van der Waals surface area contributed by atoms with E-state index < -0.39 is 0 Å². The first-order valence-electron chi connectivity index (χ1n) is 7.94. The fourth-order valence-electron chi connectivity index (χ4n) is 2.46. The second-order valence-electron chi connectivity index (χ2n) is 5.28. The van der Waals surface area contributed by atoms with Crippen LogP contribution in [0.2, 0.25) is 0 Å². The Bertz CT molecular complexity index is 814. The number of hydrogen-bond acceptors (Lipinski definition) is 6. The van der Waals surface area contributed by atoms with Crippen molar-refractivity contribution in [3.8, 4) is 23.0 Å². The smallest absolute Gasteiger partial charge is 0.191 e. The highest BCUT2D eigenvalue weighted by Gasteiger charge is 2.14. The van der Waals surface area contributed by atoms with Gasteiger partial charge < -0.3 is 14.0 Å². The largest absolute Gasteiger partial charge is 0.497 e. The summed E-state index contributed by atoms with van der Waals surface area (Å²) >= 11 is 1.63. The summed E-state index contributed by atoms with van der Waals surface area (Å²) in [6, 6.07) is 11.7. The van der Waals surface area contributed by atoms with Crippen LogP contribution >= 0.6 is 11.8 Å². The molecule has 7 heteroatoms. The minimum Gasteiger partial charge on any atom is -0.497 e. The first-order valence-corrected chi connectivity index (χ1v) is 8.93. The van der Waals surface area contributed by atoms with E-state index in [9.17, 15) is 0 Å². The summed E-state index contributed by atoms with van der Waals surface area (Å²) in [7, 11) is 3.30. The maximum Gasteiger partial charge on any atom is 0.191 e. The maximum atomic E-state index is 5.33.